The molecule has 0 N–H and O–H groups in total. The van der Waals surface area contributed by atoms with E-state index >= 15 is 0 Å². The molecule has 2 nitrogen and oxygen atoms in total. The van der Waals surface area contributed by atoms with Crippen LogP contribution in [-0.2, 0) is 6.18 Å². The van der Waals surface area contributed by atoms with E-state index in [4.69, 9.17) is 0 Å². The van der Waals surface area contributed by atoms with Crippen molar-refractivity contribution in [1.29, 1.82) is 0 Å². The van der Waals surface area contributed by atoms with Crippen LogP contribution in [0, 0.1) is 6.92 Å². The SMILES string of the molecule is CCN(C)C(=O)c1cc(C)cc(C(F)(F)F)c1. The van der Waals surface area contributed by atoms with Crippen LogP contribution in [0.2, 0.25) is 0 Å². The highest BCUT2D eigenvalue weighted by Crippen LogP contribution is 2.30. The predicted molar refractivity (Wildman–Crippen MR) is 58.8 cm³/mol. The van der Waals surface area contributed by atoms with Crippen molar-refractivity contribution in [3.63, 3.8) is 0 Å². The van der Waals surface area contributed by atoms with Crippen molar-refractivity contribution in [3.8, 4) is 0 Å². The lowest BCUT2D eigenvalue weighted by Crippen LogP contribution is -2.26. The van der Waals surface area contributed by atoms with Crippen molar-refractivity contribution in [2.45, 2.75) is 20.0 Å². The Labute approximate surface area is 98.0 Å². The van der Waals surface area contributed by atoms with Crippen LogP contribution in [0.15, 0.2) is 18.2 Å². The number of amides is 1. The van der Waals surface area contributed by atoms with Gasteiger partial charge in [0.15, 0.2) is 0 Å². The number of carbonyl (C=O) groups is 1. The fourth-order valence-electron chi connectivity index (χ4n) is 1.43. The minimum absolute atomic E-state index is 0.0710. The fraction of sp³-hybridized carbons (Fsp3) is 0.417. The molecule has 0 aliphatic heterocycles. The molecule has 0 bridgehead atoms. The minimum Gasteiger partial charge on any atom is -0.342 e. The first kappa shape index (κ1) is 13.5. The molecule has 0 heterocycles. The predicted octanol–water partition coefficient (Wildman–Crippen LogP) is 3.11. The lowest BCUT2D eigenvalue weighted by atomic mass is 10.1. The molecule has 0 aliphatic rings. The van der Waals surface area contributed by atoms with Gasteiger partial charge in [-0.3, -0.25) is 4.79 Å². The molecule has 0 radical (unpaired) electrons. The largest absolute Gasteiger partial charge is 0.416 e. The summed E-state index contributed by atoms with van der Waals surface area (Å²) in [6.07, 6.45) is -4.42. The van der Waals surface area contributed by atoms with E-state index in [1.165, 1.54) is 17.9 Å². The first-order chi connectivity index (χ1) is 7.75. The molecule has 1 rings (SSSR count). The summed E-state index contributed by atoms with van der Waals surface area (Å²) in [5, 5.41) is 0. The van der Waals surface area contributed by atoms with E-state index in [0.717, 1.165) is 12.1 Å². The van der Waals surface area contributed by atoms with Gasteiger partial charge in [0.05, 0.1) is 5.56 Å². The molecular weight excluding hydrogens is 231 g/mol. The molecule has 1 aromatic carbocycles. The number of nitrogens with zero attached hydrogens (tertiary/aromatic N) is 1. The van der Waals surface area contributed by atoms with E-state index in [1.807, 2.05) is 0 Å². The quantitative estimate of drug-likeness (QED) is 0.784. The van der Waals surface area contributed by atoms with E-state index in [0.29, 0.717) is 12.1 Å². The summed E-state index contributed by atoms with van der Waals surface area (Å²) in [4.78, 5) is 13.1. The second-order valence-corrected chi connectivity index (χ2v) is 3.90. The summed E-state index contributed by atoms with van der Waals surface area (Å²) >= 11 is 0. The Morgan fingerprint density at radius 1 is 1.29 bits per heavy atom. The molecule has 5 heteroatoms. The van der Waals surface area contributed by atoms with Crippen LogP contribution in [0.3, 0.4) is 0 Å². The molecule has 0 aromatic heterocycles. The number of rotatable bonds is 2. The molecule has 94 valence electrons. The van der Waals surface area contributed by atoms with E-state index < -0.39 is 17.6 Å². The zero-order valence-corrected chi connectivity index (χ0v) is 9.93. The van der Waals surface area contributed by atoms with E-state index in [2.05, 4.69) is 0 Å². The van der Waals surface area contributed by atoms with Crippen molar-refractivity contribution in [1.82, 2.24) is 4.90 Å². The molecule has 0 unspecified atom stereocenters. The monoisotopic (exact) mass is 245 g/mol. The van der Waals surface area contributed by atoms with Crippen molar-refractivity contribution >= 4 is 5.91 Å². The summed E-state index contributed by atoms with van der Waals surface area (Å²) in [6, 6.07) is 3.38. The molecule has 0 saturated heterocycles. The van der Waals surface area contributed by atoms with Crippen molar-refractivity contribution < 1.29 is 18.0 Å². The van der Waals surface area contributed by atoms with Crippen LogP contribution in [0.25, 0.3) is 0 Å². The van der Waals surface area contributed by atoms with Gasteiger partial charge in [-0.25, -0.2) is 0 Å². The van der Waals surface area contributed by atoms with Gasteiger partial charge in [-0.15, -0.1) is 0 Å². The Morgan fingerprint density at radius 3 is 2.35 bits per heavy atom. The van der Waals surface area contributed by atoms with Crippen LogP contribution in [0.1, 0.15) is 28.4 Å². The minimum atomic E-state index is -4.42. The first-order valence-corrected chi connectivity index (χ1v) is 5.20. The molecule has 17 heavy (non-hydrogen) atoms. The Bertz CT molecular complexity index is 426. The Balaban J connectivity index is 3.19. The summed E-state index contributed by atoms with van der Waals surface area (Å²) in [5.41, 5.74) is -0.292. The lowest BCUT2D eigenvalue weighted by molar-refractivity contribution is -0.137. The molecule has 0 atom stereocenters. The highest BCUT2D eigenvalue weighted by molar-refractivity contribution is 5.94. The number of alkyl halides is 3. The average molecular weight is 245 g/mol. The van der Waals surface area contributed by atoms with Gasteiger partial charge in [-0.1, -0.05) is 0 Å². The molecular formula is C12H14F3NO. The van der Waals surface area contributed by atoms with Crippen LogP contribution < -0.4 is 0 Å². The fourth-order valence-corrected chi connectivity index (χ4v) is 1.43. The van der Waals surface area contributed by atoms with Crippen LogP contribution in [0.4, 0.5) is 13.2 Å². The van der Waals surface area contributed by atoms with Gasteiger partial charge in [0.2, 0.25) is 0 Å². The van der Waals surface area contributed by atoms with Gasteiger partial charge >= 0.3 is 6.18 Å². The Morgan fingerprint density at radius 2 is 1.88 bits per heavy atom. The van der Waals surface area contributed by atoms with E-state index in [9.17, 15) is 18.0 Å². The third kappa shape index (κ3) is 3.22. The lowest BCUT2D eigenvalue weighted by Gasteiger charge is -2.16. The average Bonchev–Trinajstić information content (AvgIpc) is 2.25. The highest BCUT2D eigenvalue weighted by Gasteiger charge is 2.31. The van der Waals surface area contributed by atoms with Gasteiger partial charge < -0.3 is 4.90 Å². The van der Waals surface area contributed by atoms with Crippen LogP contribution >= 0.6 is 0 Å². The molecule has 0 spiro atoms. The van der Waals surface area contributed by atoms with Crippen molar-refractivity contribution in [2.24, 2.45) is 0 Å². The van der Waals surface area contributed by atoms with Crippen LogP contribution in [0.5, 0.6) is 0 Å². The topological polar surface area (TPSA) is 20.3 Å². The molecule has 0 saturated carbocycles. The number of hydrogen-bond donors (Lipinski definition) is 0. The van der Waals surface area contributed by atoms with Gasteiger partial charge in [0, 0.05) is 19.2 Å². The molecule has 1 aromatic rings. The standard InChI is InChI=1S/C12H14F3NO/c1-4-16(3)11(17)9-5-8(2)6-10(7-9)12(13,14)15/h5-7H,4H2,1-3H3. The van der Waals surface area contributed by atoms with Crippen molar-refractivity contribution in [3.05, 3.63) is 34.9 Å². The zero-order valence-electron chi connectivity index (χ0n) is 9.93. The first-order valence-electron chi connectivity index (χ1n) is 5.20. The summed E-state index contributed by atoms with van der Waals surface area (Å²) in [5.74, 6) is -0.401. The molecule has 0 fully saturated rings. The van der Waals surface area contributed by atoms with Gasteiger partial charge in [-0.2, -0.15) is 13.2 Å². The van der Waals surface area contributed by atoms with Gasteiger partial charge in [-0.05, 0) is 37.6 Å². The van der Waals surface area contributed by atoms with Gasteiger partial charge in [0.25, 0.3) is 5.91 Å². The summed E-state index contributed by atoms with van der Waals surface area (Å²) in [6.45, 7) is 3.75. The van der Waals surface area contributed by atoms with Crippen molar-refractivity contribution in [2.75, 3.05) is 13.6 Å². The summed E-state index contributed by atoms with van der Waals surface area (Å²) < 4.78 is 37.7. The second kappa shape index (κ2) is 4.77. The Hall–Kier alpha value is -1.52. The summed E-state index contributed by atoms with van der Waals surface area (Å²) in [7, 11) is 1.55. The number of halogens is 3. The normalized spacial score (nSPS) is 11.4. The maximum atomic E-state index is 12.6. The van der Waals surface area contributed by atoms with Crippen LogP contribution in [-0.4, -0.2) is 24.4 Å². The zero-order chi connectivity index (χ0) is 13.2. The van der Waals surface area contributed by atoms with Gasteiger partial charge in [0.1, 0.15) is 0 Å². The van der Waals surface area contributed by atoms with E-state index in [-0.39, 0.29) is 5.56 Å². The maximum Gasteiger partial charge on any atom is 0.416 e. The third-order valence-corrected chi connectivity index (χ3v) is 2.47. The number of aryl methyl sites for hydroxylation is 1. The highest BCUT2D eigenvalue weighted by atomic mass is 19.4. The third-order valence-electron chi connectivity index (χ3n) is 2.47. The number of benzene rings is 1. The molecule has 0 aliphatic carbocycles. The molecule has 1 amide bonds. The Kier molecular flexibility index (Phi) is 3.80. The second-order valence-electron chi connectivity index (χ2n) is 3.90. The number of carbonyl (C=O) groups excluding carboxylic acids is 1. The van der Waals surface area contributed by atoms with E-state index in [1.54, 1.807) is 14.0 Å². The maximum absolute atomic E-state index is 12.6. The number of hydrogen-bond acceptors (Lipinski definition) is 1. The smallest absolute Gasteiger partial charge is 0.342 e.